The maximum absolute atomic E-state index is 12.4. The van der Waals surface area contributed by atoms with Gasteiger partial charge in [0.2, 0.25) is 5.91 Å². The van der Waals surface area contributed by atoms with Crippen LogP contribution in [0.25, 0.3) is 21.6 Å². The first-order valence-corrected chi connectivity index (χ1v) is 11.0. The number of methoxy groups -OCH3 is 1. The number of carbonyl (C=O) groups is 1. The number of amides is 1. The van der Waals surface area contributed by atoms with Gasteiger partial charge in [-0.1, -0.05) is 18.2 Å². The Bertz CT molecular complexity index is 1110. The second kappa shape index (κ2) is 10.2. The lowest BCUT2D eigenvalue weighted by atomic mass is 10.2. The summed E-state index contributed by atoms with van der Waals surface area (Å²) in [5.41, 5.74) is 0.876. The fraction of sp³-hybridized carbons (Fsp3) is 0.261. The average Bonchev–Trinajstić information content (AvgIpc) is 3.51. The second-order valence-corrected chi connectivity index (χ2v) is 7.90. The lowest BCUT2D eigenvalue weighted by molar-refractivity contribution is -0.121. The van der Waals surface area contributed by atoms with E-state index in [1.165, 1.54) is 0 Å². The van der Waals surface area contributed by atoms with Crippen LogP contribution < -0.4 is 10.2 Å². The first-order chi connectivity index (χ1) is 15.2. The van der Waals surface area contributed by atoms with E-state index in [2.05, 4.69) is 10.2 Å². The van der Waals surface area contributed by atoms with Gasteiger partial charge in [-0.2, -0.15) is 0 Å². The van der Waals surface area contributed by atoms with Gasteiger partial charge in [0, 0.05) is 32.0 Å². The molecular formula is C23H24N4O3S. The molecule has 3 heterocycles. The molecule has 160 valence electrons. The SMILES string of the molecule is COCCN(CCC(=O)NCc1ccco1)c1nc(-c2cccs2)nc2ccccc12. The summed E-state index contributed by atoms with van der Waals surface area (Å²) >= 11 is 1.61. The zero-order valence-electron chi connectivity index (χ0n) is 17.3. The van der Waals surface area contributed by atoms with E-state index in [0.29, 0.717) is 38.5 Å². The lowest BCUT2D eigenvalue weighted by Crippen LogP contribution is -2.33. The molecule has 0 bridgehead atoms. The van der Waals surface area contributed by atoms with Gasteiger partial charge >= 0.3 is 0 Å². The monoisotopic (exact) mass is 436 g/mol. The number of furan rings is 1. The number of thiophene rings is 1. The van der Waals surface area contributed by atoms with Crippen molar-refractivity contribution in [2.75, 3.05) is 31.7 Å². The number of hydrogen-bond acceptors (Lipinski definition) is 7. The van der Waals surface area contributed by atoms with Crippen LogP contribution in [0, 0.1) is 0 Å². The quantitative estimate of drug-likeness (QED) is 0.403. The maximum atomic E-state index is 12.4. The van der Waals surface area contributed by atoms with E-state index in [4.69, 9.17) is 19.1 Å². The molecule has 7 nitrogen and oxygen atoms in total. The predicted octanol–water partition coefficient (Wildman–Crippen LogP) is 4.11. The molecular weight excluding hydrogens is 412 g/mol. The van der Waals surface area contributed by atoms with E-state index in [1.54, 1.807) is 30.8 Å². The Morgan fingerprint density at radius 1 is 1.13 bits per heavy atom. The number of hydrogen-bond donors (Lipinski definition) is 1. The molecule has 4 aromatic rings. The van der Waals surface area contributed by atoms with Gasteiger partial charge in [-0.15, -0.1) is 11.3 Å². The predicted molar refractivity (Wildman–Crippen MR) is 122 cm³/mol. The summed E-state index contributed by atoms with van der Waals surface area (Å²) in [7, 11) is 1.67. The lowest BCUT2D eigenvalue weighted by Gasteiger charge is -2.25. The van der Waals surface area contributed by atoms with Gasteiger partial charge in [0.05, 0.1) is 29.8 Å². The van der Waals surface area contributed by atoms with Crippen LogP contribution in [0.15, 0.2) is 64.6 Å². The number of nitrogens with zero attached hydrogens (tertiary/aromatic N) is 3. The summed E-state index contributed by atoms with van der Waals surface area (Å²) in [6, 6.07) is 15.6. The topological polar surface area (TPSA) is 80.5 Å². The molecule has 31 heavy (non-hydrogen) atoms. The molecule has 0 aliphatic rings. The molecule has 0 atom stereocenters. The van der Waals surface area contributed by atoms with E-state index in [9.17, 15) is 4.79 Å². The van der Waals surface area contributed by atoms with Gasteiger partial charge in [-0.05, 0) is 35.7 Å². The van der Waals surface area contributed by atoms with Gasteiger partial charge in [0.15, 0.2) is 5.82 Å². The Balaban J connectivity index is 1.57. The molecule has 0 fully saturated rings. The van der Waals surface area contributed by atoms with Crippen molar-refractivity contribution in [1.82, 2.24) is 15.3 Å². The minimum atomic E-state index is -0.0457. The summed E-state index contributed by atoms with van der Waals surface area (Å²) in [6.45, 7) is 2.04. The van der Waals surface area contributed by atoms with E-state index in [1.807, 2.05) is 47.8 Å². The molecule has 4 rings (SSSR count). The Labute approximate surface area is 184 Å². The summed E-state index contributed by atoms with van der Waals surface area (Å²) in [4.78, 5) is 25.2. The Morgan fingerprint density at radius 3 is 2.81 bits per heavy atom. The number of nitrogens with one attached hydrogen (secondary N) is 1. The van der Waals surface area contributed by atoms with Crippen LogP contribution in [0.3, 0.4) is 0 Å². The second-order valence-electron chi connectivity index (χ2n) is 6.95. The highest BCUT2D eigenvalue weighted by molar-refractivity contribution is 7.13. The highest BCUT2D eigenvalue weighted by atomic mass is 32.1. The molecule has 0 saturated heterocycles. The maximum Gasteiger partial charge on any atom is 0.222 e. The molecule has 3 aromatic heterocycles. The highest BCUT2D eigenvalue weighted by Crippen LogP contribution is 2.29. The van der Waals surface area contributed by atoms with Crippen LogP contribution in [0.2, 0.25) is 0 Å². The summed E-state index contributed by atoms with van der Waals surface area (Å²) < 4.78 is 10.6. The minimum absolute atomic E-state index is 0.0457. The Morgan fingerprint density at radius 2 is 2.03 bits per heavy atom. The van der Waals surface area contributed by atoms with E-state index in [-0.39, 0.29) is 5.91 Å². The zero-order chi connectivity index (χ0) is 21.5. The number of carbonyl (C=O) groups excluding carboxylic acids is 1. The summed E-state index contributed by atoms with van der Waals surface area (Å²) in [6.07, 6.45) is 1.93. The fourth-order valence-electron chi connectivity index (χ4n) is 3.27. The van der Waals surface area contributed by atoms with Crippen LogP contribution in [0.4, 0.5) is 5.82 Å². The van der Waals surface area contributed by atoms with Crippen LogP contribution in [-0.4, -0.2) is 42.7 Å². The molecule has 0 saturated carbocycles. The van der Waals surface area contributed by atoms with Crippen molar-refractivity contribution < 1.29 is 13.9 Å². The fourth-order valence-corrected chi connectivity index (χ4v) is 3.92. The number of rotatable bonds is 10. The van der Waals surface area contributed by atoms with Gasteiger partial charge < -0.3 is 19.4 Å². The number of aromatic nitrogens is 2. The number of benzene rings is 1. The molecule has 0 radical (unpaired) electrons. The molecule has 1 N–H and O–H groups in total. The van der Waals surface area contributed by atoms with Crippen molar-refractivity contribution >= 4 is 34.0 Å². The summed E-state index contributed by atoms with van der Waals surface area (Å²) in [5.74, 6) is 2.18. The summed E-state index contributed by atoms with van der Waals surface area (Å²) in [5, 5.41) is 5.86. The van der Waals surface area contributed by atoms with Gasteiger partial charge in [0.25, 0.3) is 0 Å². The number of fused-ring (bicyclic) bond motifs is 1. The first-order valence-electron chi connectivity index (χ1n) is 10.1. The van der Waals surface area contributed by atoms with Crippen LogP contribution >= 0.6 is 11.3 Å². The van der Waals surface area contributed by atoms with Crippen molar-refractivity contribution in [1.29, 1.82) is 0 Å². The minimum Gasteiger partial charge on any atom is -0.467 e. The van der Waals surface area contributed by atoms with Crippen molar-refractivity contribution in [2.24, 2.45) is 0 Å². The van der Waals surface area contributed by atoms with E-state index < -0.39 is 0 Å². The molecule has 1 amide bonds. The molecule has 1 aromatic carbocycles. The average molecular weight is 437 g/mol. The van der Waals surface area contributed by atoms with Crippen molar-refractivity contribution in [3.8, 4) is 10.7 Å². The smallest absolute Gasteiger partial charge is 0.222 e. The van der Waals surface area contributed by atoms with E-state index >= 15 is 0 Å². The van der Waals surface area contributed by atoms with Crippen LogP contribution in [0.5, 0.6) is 0 Å². The molecule has 8 heteroatoms. The Hall–Kier alpha value is -3.23. The number of para-hydroxylation sites is 1. The zero-order valence-corrected chi connectivity index (χ0v) is 18.1. The normalized spacial score (nSPS) is 11.0. The number of ether oxygens (including phenoxy) is 1. The molecule has 0 spiro atoms. The van der Waals surface area contributed by atoms with Crippen molar-refractivity contribution in [3.05, 3.63) is 65.9 Å². The van der Waals surface area contributed by atoms with Crippen molar-refractivity contribution in [2.45, 2.75) is 13.0 Å². The number of anilines is 1. The molecule has 0 unspecified atom stereocenters. The third kappa shape index (κ3) is 5.28. The Kier molecular flexibility index (Phi) is 6.91. The first kappa shape index (κ1) is 21.0. The van der Waals surface area contributed by atoms with Gasteiger partial charge in [-0.25, -0.2) is 9.97 Å². The van der Waals surface area contributed by atoms with Gasteiger partial charge in [-0.3, -0.25) is 4.79 Å². The third-order valence-electron chi connectivity index (χ3n) is 4.84. The van der Waals surface area contributed by atoms with Crippen LogP contribution in [0.1, 0.15) is 12.2 Å². The highest BCUT2D eigenvalue weighted by Gasteiger charge is 2.17. The standard InChI is InChI=1S/C23H24N4O3S/c1-29-14-12-27(11-10-21(28)24-16-17-6-4-13-30-17)23-18-7-2-3-8-19(18)25-22(26-23)20-9-5-15-31-20/h2-9,13,15H,10-12,14,16H2,1H3,(H,24,28). The largest absolute Gasteiger partial charge is 0.467 e. The van der Waals surface area contributed by atoms with Gasteiger partial charge in [0.1, 0.15) is 11.6 Å². The van der Waals surface area contributed by atoms with Crippen LogP contribution in [-0.2, 0) is 16.1 Å². The third-order valence-corrected chi connectivity index (χ3v) is 5.70. The van der Waals surface area contributed by atoms with E-state index in [0.717, 1.165) is 27.4 Å². The van der Waals surface area contributed by atoms with Crippen molar-refractivity contribution in [3.63, 3.8) is 0 Å². The molecule has 0 aliphatic heterocycles. The molecule has 0 aliphatic carbocycles.